The van der Waals surface area contributed by atoms with Gasteiger partial charge in [0.1, 0.15) is 0 Å². The molecular weight excluding hydrogens is 499 g/mol. The Hall–Kier alpha value is -2.87. The minimum absolute atomic E-state index is 0. The summed E-state index contributed by atoms with van der Waals surface area (Å²) in [5.41, 5.74) is 4.74. The summed E-state index contributed by atoms with van der Waals surface area (Å²) in [5, 5.41) is 6.59. The fourth-order valence-electron chi connectivity index (χ4n) is 5.02. The molecule has 4 nitrogen and oxygen atoms in total. The molecule has 0 aromatic heterocycles. The Bertz CT molecular complexity index is 1160. The number of carbonyl (C=O) groups excluding carboxylic acids is 1. The number of anilines is 1. The van der Waals surface area contributed by atoms with Gasteiger partial charge in [0.2, 0.25) is 0 Å². The number of nitrogens with one attached hydrogen (secondary N) is 2. The van der Waals surface area contributed by atoms with Crippen molar-refractivity contribution in [2.75, 3.05) is 25.0 Å². The predicted molar refractivity (Wildman–Crippen MR) is 143 cm³/mol. The molecule has 2 fully saturated rings. The number of hydrogen-bond acceptors (Lipinski definition) is 3. The normalized spacial score (nSPS) is 20.2. The van der Waals surface area contributed by atoms with Crippen molar-refractivity contribution in [1.82, 2.24) is 10.2 Å². The summed E-state index contributed by atoms with van der Waals surface area (Å²) in [5.74, 6) is 0.263. The highest BCUT2D eigenvalue weighted by molar-refractivity contribution is 6.04. The van der Waals surface area contributed by atoms with Crippen LogP contribution in [-0.2, 0) is 0 Å². The van der Waals surface area contributed by atoms with Crippen LogP contribution in [0.1, 0.15) is 41.1 Å². The molecule has 2 atom stereocenters. The molecule has 5 rings (SSSR count). The number of rotatable bonds is 7. The number of carbonyl (C=O) groups is 1. The van der Waals surface area contributed by atoms with Crippen LogP contribution in [0.2, 0.25) is 0 Å². The van der Waals surface area contributed by atoms with E-state index in [9.17, 15) is 18.0 Å². The number of nitrogens with zero attached hydrogens (tertiary/aromatic N) is 1. The Kier molecular flexibility index (Phi) is 8.57. The van der Waals surface area contributed by atoms with Gasteiger partial charge in [-0.2, -0.15) is 13.2 Å². The standard InChI is InChI=1S/C29H30F3N3O.ClH/c30-29(31,32)19-35-16-14-25(15-17-35)33-27-18-26(27)22-10-12-24(13-11-22)34-28(36)23-8-6-21(7-9-23)20-4-2-1-3-5-20;/h1-13,25-27,33H,14-19H2,(H,34,36);1H/t26-,27+;/m0./s1. The molecule has 196 valence electrons. The topological polar surface area (TPSA) is 44.4 Å². The molecule has 2 N–H and O–H groups in total. The number of likely N-dealkylation sites (tertiary alicyclic amines) is 1. The van der Waals surface area contributed by atoms with Gasteiger partial charge in [-0.3, -0.25) is 9.69 Å². The van der Waals surface area contributed by atoms with Crippen LogP contribution in [0.5, 0.6) is 0 Å². The number of alkyl halides is 3. The lowest BCUT2D eigenvalue weighted by Gasteiger charge is -2.33. The number of piperidine rings is 1. The summed E-state index contributed by atoms with van der Waals surface area (Å²) in [6, 6.07) is 26.2. The molecule has 1 aliphatic carbocycles. The number of hydrogen-bond donors (Lipinski definition) is 2. The van der Waals surface area contributed by atoms with Crippen LogP contribution in [0.3, 0.4) is 0 Å². The van der Waals surface area contributed by atoms with Crippen molar-refractivity contribution in [3.8, 4) is 11.1 Å². The SMILES string of the molecule is Cl.O=C(Nc1ccc([C@@H]2C[C@H]2NC2CCN(CC(F)(F)F)CC2)cc1)c1ccc(-c2ccccc2)cc1. The largest absolute Gasteiger partial charge is 0.401 e. The van der Waals surface area contributed by atoms with Gasteiger partial charge in [-0.1, -0.05) is 54.6 Å². The molecule has 1 heterocycles. The van der Waals surface area contributed by atoms with Crippen LogP contribution in [-0.4, -0.2) is 48.7 Å². The van der Waals surface area contributed by atoms with Crippen molar-refractivity contribution < 1.29 is 18.0 Å². The van der Waals surface area contributed by atoms with E-state index in [-0.39, 0.29) is 24.4 Å². The summed E-state index contributed by atoms with van der Waals surface area (Å²) in [7, 11) is 0. The maximum Gasteiger partial charge on any atom is 0.401 e. The number of benzene rings is 3. The Morgan fingerprint density at radius 2 is 1.49 bits per heavy atom. The molecule has 1 saturated carbocycles. The van der Waals surface area contributed by atoms with Crippen LogP contribution in [0.15, 0.2) is 78.9 Å². The summed E-state index contributed by atoms with van der Waals surface area (Å²) in [4.78, 5) is 14.2. The van der Waals surface area contributed by atoms with Gasteiger partial charge >= 0.3 is 6.18 Å². The second kappa shape index (κ2) is 11.7. The van der Waals surface area contributed by atoms with E-state index in [1.807, 2.05) is 78.9 Å². The Balaban J connectivity index is 0.00000320. The monoisotopic (exact) mass is 529 g/mol. The Morgan fingerprint density at radius 3 is 2.11 bits per heavy atom. The highest BCUT2D eigenvalue weighted by atomic mass is 35.5. The molecule has 3 aromatic carbocycles. The first-order valence-corrected chi connectivity index (χ1v) is 12.5. The molecule has 8 heteroatoms. The van der Waals surface area contributed by atoms with Gasteiger partial charge in [-0.25, -0.2) is 0 Å². The van der Waals surface area contributed by atoms with Crippen LogP contribution >= 0.6 is 12.4 Å². The summed E-state index contributed by atoms with van der Waals surface area (Å²) in [6.45, 7) is 0.156. The van der Waals surface area contributed by atoms with Crippen LogP contribution in [0, 0.1) is 0 Å². The van der Waals surface area contributed by atoms with E-state index in [0.717, 1.165) is 36.1 Å². The molecule has 0 radical (unpaired) electrons. The van der Waals surface area contributed by atoms with Crippen molar-refractivity contribution in [2.24, 2.45) is 0 Å². The lowest BCUT2D eigenvalue weighted by atomic mass is 10.0. The van der Waals surface area contributed by atoms with Gasteiger partial charge < -0.3 is 10.6 Å². The zero-order chi connectivity index (χ0) is 25.1. The van der Waals surface area contributed by atoms with E-state index in [2.05, 4.69) is 10.6 Å². The van der Waals surface area contributed by atoms with Gasteiger partial charge in [0.25, 0.3) is 5.91 Å². The first-order valence-electron chi connectivity index (χ1n) is 12.5. The molecule has 0 bridgehead atoms. The lowest BCUT2D eigenvalue weighted by molar-refractivity contribution is -0.148. The molecule has 0 unspecified atom stereocenters. The molecule has 1 amide bonds. The average Bonchev–Trinajstić information content (AvgIpc) is 3.64. The summed E-state index contributed by atoms with van der Waals surface area (Å²) in [6.07, 6.45) is -1.60. The van der Waals surface area contributed by atoms with Crippen LogP contribution in [0.4, 0.5) is 18.9 Å². The van der Waals surface area contributed by atoms with Crippen molar-refractivity contribution in [2.45, 2.75) is 43.4 Å². The van der Waals surface area contributed by atoms with Crippen molar-refractivity contribution >= 4 is 24.0 Å². The third-order valence-corrected chi connectivity index (χ3v) is 7.08. The average molecular weight is 530 g/mol. The minimum Gasteiger partial charge on any atom is -0.322 e. The second-order valence-electron chi connectivity index (χ2n) is 9.80. The van der Waals surface area contributed by atoms with Gasteiger partial charge in [0.05, 0.1) is 6.54 Å². The van der Waals surface area contributed by atoms with Crippen molar-refractivity contribution in [3.63, 3.8) is 0 Å². The fourth-order valence-corrected chi connectivity index (χ4v) is 5.02. The highest BCUT2D eigenvalue weighted by Crippen LogP contribution is 2.42. The molecule has 2 aliphatic rings. The third-order valence-electron chi connectivity index (χ3n) is 7.08. The van der Waals surface area contributed by atoms with E-state index in [4.69, 9.17) is 0 Å². The first kappa shape index (κ1) is 27.2. The minimum atomic E-state index is -4.12. The van der Waals surface area contributed by atoms with E-state index in [1.54, 1.807) is 0 Å². The molecular formula is C29H31ClF3N3O. The third kappa shape index (κ3) is 7.34. The molecule has 1 aliphatic heterocycles. The maximum absolute atomic E-state index is 12.7. The van der Waals surface area contributed by atoms with Gasteiger partial charge in [-0.15, -0.1) is 12.4 Å². The number of amides is 1. The van der Waals surface area contributed by atoms with Crippen molar-refractivity contribution in [1.29, 1.82) is 0 Å². The maximum atomic E-state index is 12.7. The molecule has 37 heavy (non-hydrogen) atoms. The Labute approximate surface area is 221 Å². The molecule has 3 aromatic rings. The van der Waals surface area contributed by atoms with Gasteiger partial charge in [0.15, 0.2) is 0 Å². The summed E-state index contributed by atoms with van der Waals surface area (Å²) < 4.78 is 37.7. The zero-order valence-electron chi connectivity index (χ0n) is 20.4. The van der Waals surface area contributed by atoms with E-state index < -0.39 is 12.7 Å². The first-order chi connectivity index (χ1) is 17.3. The smallest absolute Gasteiger partial charge is 0.322 e. The van der Waals surface area contributed by atoms with Crippen molar-refractivity contribution in [3.05, 3.63) is 90.0 Å². The van der Waals surface area contributed by atoms with E-state index in [1.165, 1.54) is 10.5 Å². The van der Waals surface area contributed by atoms with Crippen LogP contribution < -0.4 is 10.6 Å². The fraction of sp³-hybridized carbons (Fsp3) is 0.345. The second-order valence-corrected chi connectivity index (χ2v) is 9.80. The molecule has 0 spiro atoms. The van der Waals surface area contributed by atoms with Crippen LogP contribution in [0.25, 0.3) is 11.1 Å². The van der Waals surface area contributed by atoms with Gasteiger partial charge in [0, 0.05) is 29.3 Å². The van der Waals surface area contributed by atoms with Gasteiger partial charge in [-0.05, 0) is 73.3 Å². The predicted octanol–water partition coefficient (Wildman–Crippen LogP) is 6.50. The Morgan fingerprint density at radius 1 is 0.865 bits per heavy atom. The lowest BCUT2D eigenvalue weighted by Crippen LogP contribution is -2.46. The van der Waals surface area contributed by atoms with E-state index in [0.29, 0.717) is 30.6 Å². The van der Waals surface area contributed by atoms with E-state index >= 15 is 0 Å². The molecule has 1 saturated heterocycles. The summed E-state index contributed by atoms with van der Waals surface area (Å²) >= 11 is 0. The zero-order valence-corrected chi connectivity index (χ0v) is 21.2. The highest BCUT2D eigenvalue weighted by Gasteiger charge is 2.40. The number of halogens is 4. The quantitative estimate of drug-likeness (QED) is 0.367.